The first-order chi connectivity index (χ1) is 5.68. The van der Waals surface area contributed by atoms with Crippen molar-refractivity contribution in [3.63, 3.8) is 0 Å². The smallest absolute Gasteiger partial charge is 0.0334 e. The molecule has 0 spiro atoms. The predicted octanol–water partition coefficient (Wildman–Crippen LogP) is 2.71. The topological polar surface area (TPSA) is 26.0 Å². The Morgan fingerprint density at radius 3 is 2.75 bits per heavy atom. The van der Waals surface area contributed by atoms with Gasteiger partial charge in [-0.25, -0.2) is 0 Å². The van der Waals surface area contributed by atoms with E-state index in [1.807, 2.05) is 0 Å². The summed E-state index contributed by atoms with van der Waals surface area (Å²) in [5, 5.41) is 2.20. The average Bonchev–Trinajstić information content (AvgIpc) is 2.58. The van der Waals surface area contributed by atoms with Crippen molar-refractivity contribution >= 4 is 11.3 Å². The molecule has 1 aliphatic carbocycles. The van der Waals surface area contributed by atoms with E-state index in [0.29, 0.717) is 6.04 Å². The van der Waals surface area contributed by atoms with E-state index >= 15 is 0 Å². The minimum Gasteiger partial charge on any atom is -0.324 e. The maximum atomic E-state index is 6.11. The molecule has 1 heterocycles. The summed E-state index contributed by atoms with van der Waals surface area (Å²) in [5.41, 5.74) is 7.45. The van der Waals surface area contributed by atoms with Gasteiger partial charge in [-0.1, -0.05) is 6.92 Å². The lowest BCUT2D eigenvalue weighted by Gasteiger charge is -2.07. The highest BCUT2D eigenvalue weighted by Gasteiger charge is 2.38. The fourth-order valence-corrected chi connectivity index (χ4v) is 2.49. The van der Waals surface area contributed by atoms with Gasteiger partial charge >= 0.3 is 0 Å². The van der Waals surface area contributed by atoms with E-state index in [0.717, 1.165) is 11.8 Å². The van der Waals surface area contributed by atoms with Crippen LogP contribution < -0.4 is 5.73 Å². The Kier molecular flexibility index (Phi) is 1.97. The van der Waals surface area contributed by atoms with Crippen LogP contribution in [0.15, 0.2) is 11.4 Å². The Balaban J connectivity index is 2.09. The molecular formula is C10H15NS. The summed E-state index contributed by atoms with van der Waals surface area (Å²) in [6, 6.07) is 2.52. The molecule has 1 aromatic heterocycles. The average molecular weight is 181 g/mol. The number of hydrogen-bond donors (Lipinski definition) is 1. The molecule has 0 amide bonds. The molecule has 3 atom stereocenters. The van der Waals surface area contributed by atoms with Crippen molar-refractivity contribution in [3.05, 3.63) is 21.9 Å². The molecule has 1 fully saturated rings. The SMILES string of the molecule is Cc1cc(C(N)C2CC2C)cs1. The van der Waals surface area contributed by atoms with Gasteiger partial charge in [-0.05, 0) is 42.2 Å². The molecule has 12 heavy (non-hydrogen) atoms. The highest BCUT2D eigenvalue weighted by Crippen LogP contribution is 2.46. The monoisotopic (exact) mass is 181 g/mol. The largest absolute Gasteiger partial charge is 0.324 e. The van der Waals surface area contributed by atoms with Crippen molar-refractivity contribution in [2.75, 3.05) is 0 Å². The molecule has 3 unspecified atom stereocenters. The maximum absolute atomic E-state index is 6.11. The summed E-state index contributed by atoms with van der Waals surface area (Å²) in [6.07, 6.45) is 1.32. The van der Waals surface area contributed by atoms with E-state index in [-0.39, 0.29) is 0 Å². The van der Waals surface area contributed by atoms with Gasteiger partial charge in [0.25, 0.3) is 0 Å². The van der Waals surface area contributed by atoms with Crippen LogP contribution in [0.4, 0.5) is 0 Å². The highest BCUT2D eigenvalue weighted by molar-refractivity contribution is 7.10. The van der Waals surface area contributed by atoms with Gasteiger partial charge in [0.1, 0.15) is 0 Å². The molecule has 0 bridgehead atoms. The van der Waals surface area contributed by atoms with E-state index < -0.39 is 0 Å². The van der Waals surface area contributed by atoms with Crippen LogP contribution in [-0.4, -0.2) is 0 Å². The van der Waals surface area contributed by atoms with Gasteiger partial charge in [-0.15, -0.1) is 11.3 Å². The minimum absolute atomic E-state index is 0.296. The summed E-state index contributed by atoms with van der Waals surface area (Å²) in [6.45, 7) is 4.42. The van der Waals surface area contributed by atoms with Gasteiger partial charge in [-0.3, -0.25) is 0 Å². The van der Waals surface area contributed by atoms with Crippen LogP contribution >= 0.6 is 11.3 Å². The minimum atomic E-state index is 0.296. The van der Waals surface area contributed by atoms with Gasteiger partial charge in [0, 0.05) is 10.9 Å². The Labute approximate surface area is 77.6 Å². The molecule has 2 N–H and O–H groups in total. The van der Waals surface area contributed by atoms with Crippen molar-refractivity contribution in [1.29, 1.82) is 0 Å². The van der Waals surface area contributed by atoms with Crippen molar-refractivity contribution in [2.45, 2.75) is 26.3 Å². The zero-order chi connectivity index (χ0) is 8.72. The van der Waals surface area contributed by atoms with E-state index in [4.69, 9.17) is 5.73 Å². The van der Waals surface area contributed by atoms with Crippen molar-refractivity contribution in [1.82, 2.24) is 0 Å². The fourth-order valence-electron chi connectivity index (χ4n) is 1.74. The van der Waals surface area contributed by atoms with E-state index in [1.165, 1.54) is 16.9 Å². The highest BCUT2D eigenvalue weighted by atomic mass is 32.1. The molecule has 1 aliphatic rings. The van der Waals surface area contributed by atoms with Crippen LogP contribution in [0.1, 0.15) is 29.8 Å². The Bertz CT molecular complexity index is 279. The second-order valence-corrected chi connectivity index (χ2v) is 5.01. The molecule has 1 nitrogen and oxygen atoms in total. The second-order valence-electron chi connectivity index (χ2n) is 3.89. The number of nitrogens with two attached hydrogens (primary N) is 1. The standard InChI is InChI=1S/C10H15NS/c1-6-3-9(6)10(11)8-4-7(2)12-5-8/h4-6,9-10H,3,11H2,1-2H3. The summed E-state index contributed by atoms with van der Waals surface area (Å²) >= 11 is 1.80. The molecule has 0 aromatic carbocycles. The predicted molar refractivity (Wildman–Crippen MR) is 53.3 cm³/mol. The molecule has 1 aromatic rings. The van der Waals surface area contributed by atoms with Gasteiger partial charge in [0.2, 0.25) is 0 Å². The lowest BCUT2D eigenvalue weighted by atomic mass is 10.1. The van der Waals surface area contributed by atoms with Gasteiger partial charge in [0.05, 0.1) is 0 Å². The number of thiophene rings is 1. The van der Waals surface area contributed by atoms with E-state index in [9.17, 15) is 0 Å². The number of aryl methyl sites for hydroxylation is 1. The van der Waals surface area contributed by atoms with Gasteiger partial charge in [-0.2, -0.15) is 0 Å². The quantitative estimate of drug-likeness (QED) is 0.746. The van der Waals surface area contributed by atoms with Crippen LogP contribution in [0.25, 0.3) is 0 Å². The molecule has 0 aliphatic heterocycles. The third-order valence-corrected chi connectivity index (χ3v) is 3.65. The van der Waals surface area contributed by atoms with Gasteiger partial charge < -0.3 is 5.73 Å². The second kappa shape index (κ2) is 2.86. The Morgan fingerprint density at radius 1 is 1.67 bits per heavy atom. The van der Waals surface area contributed by atoms with E-state index in [1.54, 1.807) is 11.3 Å². The molecule has 2 rings (SSSR count). The third-order valence-electron chi connectivity index (χ3n) is 2.77. The van der Waals surface area contributed by atoms with Crippen LogP contribution in [0.2, 0.25) is 0 Å². The van der Waals surface area contributed by atoms with Crippen LogP contribution in [-0.2, 0) is 0 Å². The molecule has 0 saturated heterocycles. The summed E-state index contributed by atoms with van der Waals surface area (Å²) in [4.78, 5) is 1.37. The summed E-state index contributed by atoms with van der Waals surface area (Å²) in [5.74, 6) is 1.60. The zero-order valence-electron chi connectivity index (χ0n) is 7.58. The summed E-state index contributed by atoms with van der Waals surface area (Å²) in [7, 11) is 0. The van der Waals surface area contributed by atoms with Crippen LogP contribution in [0.3, 0.4) is 0 Å². The van der Waals surface area contributed by atoms with Crippen molar-refractivity contribution in [3.8, 4) is 0 Å². The Hall–Kier alpha value is -0.340. The van der Waals surface area contributed by atoms with E-state index in [2.05, 4.69) is 25.3 Å². The molecule has 2 heteroatoms. The van der Waals surface area contributed by atoms with Crippen LogP contribution in [0.5, 0.6) is 0 Å². The molecule has 0 radical (unpaired) electrons. The summed E-state index contributed by atoms with van der Waals surface area (Å²) < 4.78 is 0. The van der Waals surface area contributed by atoms with Gasteiger partial charge in [0.15, 0.2) is 0 Å². The lowest BCUT2D eigenvalue weighted by Crippen LogP contribution is -2.12. The third kappa shape index (κ3) is 1.41. The Morgan fingerprint density at radius 2 is 2.33 bits per heavy atom. The number of hydrogen-bond acceptors (Lipinski definition) is 2. The molecule has 1 saturated carbocycles. The molecular weight excluding hydrogens is 166 g/mol. The fraction of sp³-hybridized carbons (Fsp3) is 0.600. The maximum Gasteiger partial charge on any atom is 0.0334 e. The van der Waals surface area contributed by atoms with Crippen molar-refractivity contribution in [2.24, 2.45) is 17.6 Å². The van der Waals surface area contributed by atoms with Crippen molar-refractivity contribution < 1.29 is 0 Å². The number of rotatable bonds is 2. The first kappa shape index (κ1) is 8.27. The first-order valence-corrected chi connectivity index (χ1v) is 5.37. The normalized spacial score (nSPS) is 30.2. The zero-order valence-corrected chi connectivity index (χ0v) is 8.40. The van der Waals surface area contributed by atoms with Crippen LogP contribution in [0, 0.1) is 18.8 Å². The molecule has 66 valence electrons. The lowest BCUT2D eigenvalue weighted by molar-refractivity contribution is 0.595. The first-order valence-electron chi connectivity index (χ1n) is 4.49.